The largest absolute Gasteiger partial charge is 0.506 e. The molecule has 0 saturated carbocycles. The third-order valence-corrected chi connectivity index (χ3v) is 9.95. The number of carbonyl (C=O) groups excluding carboxylic acids is 2. The number of piperidine rings is 3. The molecule has 0 spiro atoms. The number of aromatic hydroxyl groups is 1. The summed E-state index contributed by atoms with van der Waals surface area (Å²) < 4.78 is 11.8. The van der Waals surface area contributed by atoms with Crippen molar-refractivity contribution in [1.29, 1.82) is 0 Å². The summed E-state index contributed by atoms with van der Waals surface area (Å²) in [4.78, 5) is 42.8. The maximum atomic E-state index is 13.2. The van der Waals surface area contributed by atoms with E-state index < -0.39 is 18.2 Å². The van der Waals surface area contributed by atoms with E-state index in [0.29, 0.717) is 34.8 Å². The Morgan fingerprint density at radius 3 is 2.49 bits per heavy atom. The Morgan fingerprint density at radius 1 is 0.906 bits per heavy atom. The van der Waals surface area contributed by atoms with E-state index in [1.54, 1.807) is 24.3 Å². The van der Waals surface area contributed by atoms with Gasteiger partial charge in [-0.2, -0.15) is 0 Å². The lowest BCUT2D eigenvalue weighted by Gasteiger charge is -2.43. The molecule has 3 aliphatic rings. The van der Waals surface area contributed by atoms with Gasteiger partial charge in [-0.25, -0.2) is 4.79 Å². The molecule has 2 bridgehead atoms. The number of amides is 2. The zero-order valence-corrected chi connectivity index (χ0v) is 29.2. The van der Waals surface area contributed by atoms with Gasteiger partial charge < -0.3 is 40.6 Å². The molecule has 3 aliphatic heterocycles. The summed E-state index contributed by atoms with van der Waals surface area (Å²) in [5, 5.41) is 30.7. The van der Waals surface area contributed by atoms with E-state index >= 15 is 0 Å². The quantitative estimate of drug-likeness (QED) is 0.0985. The highest BCUT2D eigenvalue weighted by Crippen LogP contribution is 2.31. The van der Waals surface area contributed by atoms with Gasteiger partial charge in [0.15, 0.2) is 6.61 Å². The normalized spacial score (nSPS) is 18.9. The number of H-pyrrole nitrogens is 1. The van der Waals surface area contributed by atoms with Gasteiger partial charge in [0, 0.05) is 36.8 Å². The van der Waals surface area contributed by atoms with E-state index in [4.69, 9.17) is 9.47 Å². The first-order valence-corrected chi connectivity index (χ1v) is 17.9. The smallest absolute Gasteiger partial charge is 0.408 e. The number of ether oxygens (including phenoxy) is 2. The number of phenols is 1. The Morgan fingerprint density at radius 2 is 1.70 bits per heavy atom. The lowest BCUT2D eigenvalue weighted by Crippen LogP contribution is -2.52. The minimum Gasteiger partial charge on any atom is -0.506 e. The third-order valence-electron chi connectivity index (χ3n) is 9.95. The number of aromatic amines is 1. The molecule has 8 rings (SSSR count). The number of aliphatic hydroxyl groups excluding tert-OH is 1. The summed E-state index contributed by atoms with van der Waals surface area (Å²) in [5.74, 6) is 0.473. The number of anilines is 1. The summed E-state index contributed by atoms with van der Waals surface area (Å²) in [6.07, 6.45) is 0.632. The molecule has 2 amide bonds. The summed E-state index contributed by atoms with van der Waals surface area (Å²) in [6.45, 7) is 3.30. The summed E-state index contributed by atoms with van der Waals surface area (Å²) in [6, 6.07) is 29.9. The van der Waals surface area contributed by atoms with Gasteiger partial charge in [0.25, 0.3) is 5.91 Å². The van der Waals surface area contributed by atoms with Crippen molar-refractivity contribution in [2.45, 2.75) is 37.6 Å². The van der Waals surface area contributed by atoms with Crippen LogP contribution in [0, 0.1) is 5.92 Å². The van der Waals surface area contributed by atoms with Gasteiger partial charge in [0.1, 0.15) is 17.6 Å². The van der Waals surface area contributed by atoms with Crippen LogP contribution >= 0.6 is 0 Å². The van der Waals surface area contributed by atoms with Crippen LogP contribution in [0.25, 0.3) is 10.9 Å². The number of aliphatic hydroxyl groups is 1. The number of nitrogens with zero attached hydrogens (tertiary/aromatic N) is 1. The first-order chi connectivity index (χ1) is 25.8. The Labute approximate surface area is 306 Å². The van der Waals surface area contributed by atoms with Crippen LogP contribution in [0.3, 0.4) is 0 Å². The minimum absolute atomic E-state index is 0.0677. The van der Waals surface area contributed by atoms with Crippen LogP contribution in [0.4, 0.5) is 10.5 Å². The zero-order valence-electron chi connectivity index (χ0n) is 29.2. The second-order valence-corrected chi connectivity index (χ2v) is 13.6. The number of hydrogen-bond acceptors (Lipinski definition) is 9. The highest BCUT2D eigenvalue weighted by Gasteiger charge is 2.37. The van der Waals surface area contributed by atoms with E-state index in [9.17, 15) is 24.6 Å². The number of aromatic nitrogens is 1. The molecule has 1 aromatic heterocycles. The highest BCUT2D eigenvalue weighted by atomic mass is 16.6. The minimum atomic E-state index is -0.898. The van der Waals surface area contributed by atoms with Crippen molar-refractivity contribution in [3.05, 3.63) is 136 Å². The molecule has 53 heavy (non-hydrogen) atoms. The molecule has 0 unspecified atom stereocenters. The van der Waals surface area contributed by atoms with Crippen LogP contribution in [-0.2, 0) is 16.1 Å². The van der Waals surface area contributed by atoms with Crippen molar-refractivity contribution >= 4 is 28.6 Å². The van der Waals surface area contributed by atoms with E-state index in [0.717, 1.165) is 49.2 Å². The monoisotopic (exact) mass is 717 g/mol. The molecule has 4 aromatic carbocycles. The van der Waals surface area contributed by atoms with Gasteiger partial charge >= 0.3 is 6.09 Å². The Hall–Kier alpha value is -5.69. The van der Waals surface area contributed by atoms with E-state index in [-0.39, 0.29) is 42.0 Å². The van der Waals surface area contributed by atoms with Crippen molar-refractivity contribution in [2.75, 3.05) is 38.1 Å². The number of nitrogens with one attached hydrogen (secondary N) is 4. The second-order valence-electron chi connectivity index (χ2n) is 13.6. The number of alkyl carbamates (subject to hydrolysis) is 1. The second kappa shape index (κ2) is 16.3. The fourth-order valence-electron chi connectivity index (χ4n) is 7.24. The van der Waals surface area contributed by atoms with Gasteiger partial charge in [0.05, 0.1) is 17.7 Å². The summed E-state index contributed by atoms with van der Waals surface area (Å²) >= 11 is 0. The molecular formula is C41H43N5O7. The van der Waals surface area contributed by atoms with Crippen LogP contribution in [-0.4, -0.2) is 71.0 Å². The standard InChI is InChI=1S/C41H43N5O7/c47-34-14-12-32(33-13-15-37(49)44-40(33)34)35(48)23-42-22-26-6-4-10-30(20-26)43-38(50)25-52-31-11-5-9-29(21-31)39(28-7-2-1-3-8-28)45-41(51)53-36-24-46-18-16-27(36)17-19-46/h1-15,20-21,27,35-36,39,42,47-48H,16-19,22-25H2,(H,43,50)(H,44,49)(H,45,51)/t35-,36-,39-/m0/s1. The fourth-order valence-corrected chi connectivity index (χ4v) is 7.24. The molecule has 6 N–H and O–H groups in total. The molecule has 3 atom stereocenters. The number of rotatable bonds is 13. The third kappa shape index (κ3) is 8.86. The molecule has 0 aliphatic carbocycles. The Kier molecular flexibility index (Phi) is 11.0. The van der Waals surface area contributed by atoms with E-state index in [1.165, 1.54) is 12.1 Å². The van der Waals surface area contributed by atoms with Crippen molar-refractivity contribution in [3.8, 4) is 11.5 Å². The molecule has 4 heterocycles. The number of carbonyl (C=O) groups is 2. The lowest BCUT2D eigenvalue weighted by atomic mass is 9.86. The predicted octanol–water partition coefficient (Wildman–Crippen LogP) is 4.98. The molecule has 274 valence electrons. The Bertz CT molecular complexity index is 2120. The van der Waals surface area contributed by atoms with Gasteiger partial charge in [0.2, 0.25) is 5.56 Å². The van der Waals surface area contributed by atoms with Crippen LogP contribution in [0.2, 0.25) is 0 Å². The average Bonchev–Trinajstić information content (AvgIpc) is 3.17. The van der Waals surface area contributed by atoms with E-state index in [2.05, 4.69) is 25.8 Å². The molecule has 3 saturated heterocycles. The zero-order chi connectivity index (χ0) is 36.7. The number of pyridine rings is 1. The van der Waals surface area contributed by atoms with Gasteiger partial charge in [-0.15, -0.1) is 0 Å². The predicted molar refractivity (Wildman–Crippen MR) is 201 cm³/mol. The van der Waals surface area contributed by atoms with Gasteiger partial charge in [-0.3, -0.25) is 14.5 Å². The molecular weight excluding hydrogens is 674 g/mol. The topological polar surface area (TPSA) is 165 Å². The number of benzene rings is 4. The number of hydrogen-bond donors (Lipinski definition) is 6. The molecule has 3 fully saturated rings. The lowest BCUT2D eigenvalue weighted by molar-refractivity contribution is -0.118. The SMILES string of the molecule is O=C(COc1cccc([C@@H](NC(=O)O[C@H]2CN3CCC2CC3)c2ccccc2)c1)Nc1cccc(CNC[C@H](O)c2ccc(O)c3[nH]c(=O)ccc23)c1. The summed E-state index contributed by atoms with van der Waals surface area (Å²) in [5.41, 5.74) is 3.67. The highest BCUT2D eigenvalue weighted by molar-refractivity contribution is 5.92. The Balaban J connectivity index is 0.926. The van der Waals surface area contributed by atoms with Crippen LogP contribution < -0.4 is 26.2 Å². The molecule has 0 radical (unpaired) electrons. The van der Waals surface area contributed by atoms with Gasteiger partial charge in [-0.1, -0.05) is 60.7 Å². The average molecular weight is 718 g/mol. The maximum absolute atomic E-state index is 13.2. The van der Waals surface area contributed by atoms with E-state index in [1.807, 2.05) is 66.7 Å². The van der Waals surface area contributed by atoms with Gasteiger partial charge in [-0.05, 0) is 90.5 Å². The molecule has 5 aromatic rings. The van der Waals surface area contributed by atoms with Crippen molar-refractivity contribution < 1.29 is 29.3 Å². The number of phenolic OH excluding ortho intramolecular Hbond substituents is 1. The van der Waals surface area contributed by atoms with Crippen LogP contribution in [0.5, 0.6) is 11.5 Å². The summed E-state index contributed by atoms with van der Waals surface area (Å²) in [7, 11) is 0. The fraction of sp³-hybridized carbons (Fsp3) is 0.293. The molecule has 12 nitrogen and oxygen atoms in total. The first kappa shape index (κ1) is 35.7. The molecule has 12 heteroatoms. The van der Waals surface area contributed by atoms with Crippen molar-refractivity contribution in [1.82, 2.24) is 20.5 Å². The van der Waals surface area contributed by atoms with Crippen LogP contribution in [0.1, 0.15) is 47.2 Å². The van der Waals surface area contributed by atoms with Crippen LogP contribution in [0.15, 0.2) is 108 Å². The first-order valence-electron chi connectivity index (χ1n) is 17.9. The maximum Gasteiger partial charge on any atom is 0.408 e. The van der Waals surface area contributed by atoms with Crippen molar-refractivity contribution in [3.63, 3.8) is 0 Å². The van der Waals surface area contributed by atoms with Crippen molar-refractivity contribution in [2.24, 2.45) is 5.92 Å². The number of fused-ring (bicyclic) bond motifs is 4.